The molecule has 0 aliphatic carbocycles. The highest BCUT2D eigenvalue weighted by Gasteiger charge is 2.14. The van der Waals surface area contributed by atoms with Crippen LogP contribution >= 0.6 is 0 Å². The van der Waals surface area contributed by atoms with Gasteiger partial charge in [0.15, 0.2) is 0 Å². The first kappa shape index (κ1) is 14.5. The van der Waals surface area contributed by atoms with Crippen molar-refractivity contribution in [3.63, 3.8) is 0 Å². The second kappa shape index (κ2) is 6.50. The number of phenols is 1. The van der Waals surface area contributed by atoms with Crippen molar-refractivity contribution < 1.29 is 13.9 Å². The zero-order valence-electron chi connectivity index (χ0n) is 11.0. The summed E-state index contributed by atoms with van der Waals surface area (Å²) in [6.07, 6.45) is 3.31. The highest BCUT2D eigenvalue weighted by atomic mass is 32.2. The Hall–Kier alpha value is -1.91. The summed E-state index contributed by atoms with van der Waals surface area (Å²) in [4.78, 5) is 0. The minimum Gasteiger partial charge on any atom is -0.772 e. The van der Waals surface area contributed by atoms with Crippen molar-refractivity contribution in [1.29, 1.82) is 0 Å². The molecule has 4 heteroatoms. The summed E-state index contributed by atoms with van der Waals surface area (Å²) in [5.74, 6) is 0.0272. The number of hydrogen-bond donors (Lipinski definition) is 1. The Morgan fingerprint density at radius 2 is 1.85 bits per heavy atom. The molecule has 0 aromatic heterocycles. The lowest BCUT2D eigenvalue weighted by molar-refractivity contribution is 0.462. The van der Waals surface area contributed by atoms with Crippen molar-refractivity contribution in [2.75, 3.05) is 0 Å². The summed E-state index contributed by atoms with van der Waals surface area (Å²) in [6, 6.07) is 14.5. The molecule has 0 aliphatic heterocycles. The quantitative estimate of drug-likeness (QED) is 0.877. The molecule has 0 aliphatic rings. The standard InChI is InChI=1S/C16H16O3S/c1-12-6-5-9-14(16(12)17)15(20(18)19)11-10-13-7-3-2-4-8-13/h2-11,15,17H,1H3,(H,18,19)/p-1. The molecule has 0 spiro atoms. The summed E-state index contributed by atoms with van der Waals surface area (Å²) in [6.45, 7) is 1.74. The molecule has 2 atom stereocenters. The molecule has 2 aromatic carbocycles. The molecule has 104 valence electrons. The van der Waals surface area contributed by atoms with Gasteiger partial charge in [0.2, 0.25) is 0 Å². The Morgan fingerprint density at radius 3 is 2.50 bits per heavy atom. The first-order valence-electron chi connectivity index (χ1n) is 6.19. The minimum atomic E-state index is -2.34. The van der Waals surface area contributed by atoms with Gasteiger partial charge in [-0.05, 0) is 29.1 Å². The topological polar surface area (TPSA) is 60.4 Å². The van der Waals surface area contributed by atoms with Gasteiger partial charge in [0.05, 0.1) is 5.25 Å². The molecular formula is C16H15O3S-. The third-order valence-corrected chi connectivity index (χ3v) is 3.87. The summed E-state index contributed by atoms with van der Waals surface area (Å²) < 4.78 is 22.8. The van der Waals surface area contributed by atoms with E-state index in [4.69, 9.17) is 0 Å². The van der Waals surface area contributed by atoms with E-state index in [1.807, 2.05) is 30.3 Å². The lowest BCUT2D eigenvalue weighted by Crippen LogP contribution is -2.03. The van der Waals surface area contributed by atoms with Gasteiger partial charge in [-0.25, -0.2) is 0 Å². The molecule has 3 nitrogen and oxygen atoms in total. The van der Waals surface area contributed by atoms with Gasteiger partial charge in [-0.3, -0.25) is 4.21 Å². The Labute approximate surface area is 120 Å². The monoisotopic (exact) mass is 287 g/mol. The van der Waals surface area contributed by atoms with Crippen LogP contribution in [0.4, 0.5) is 0 Å². The van der Waals surface area contributed by atoms with Gasteiger partial charge in [0.1, 0.15) is 5.75 Å². The van der Waals surface area contributed by atoms with E-state index in [0.717, 1.165) is 5.56 Å². The molecule has 0 bridgehead atoms. The van der Waals surface area contributed by atoms with Crippen LogP contribution in [0.5, 0.6) is 5.75 Å². The number of phenolic OH excluding ortho intramolecular Hbond substituents is 1. The van der Waals surface area contributed by atoms with Gasteiger partial charge in [-0.15, -0.1) is 0 Å². The molecule has 0 radical (unpaired) electrons. The number of aromatic hydroxyl groups is 1. The highest BCUT2D eigenvalue weighted by molar-refractivity contribution is 7.79. The average Bonchev–Trinajstić information content (AvgIpc) is 2.44. The molecule has 2 unspecified atom stereocenters. The second-order valence-electron chi connectivity index (χ2n) is 4.46. The fourth-order valence-corrected chi connectivity index (χ4v) is 2.55. The van der Waals surface area contributed by atoms with Crippen molar-refractivity contribution in [1.82, 2.24) is 0 Å². The Morgan fingerprint density at radius 1 is 1.15 bits per heavy atom. The van der Waals surface area contributed by atoms with E-state index in [9.17, 15) is 13.9 Å². The van der Waals surface area contributed by atoms with E-state index in [1.54, 1.807) is 37.3 Å². The molecule has 0 saturated carbocycles. The Balaban J connectivity index is 2.35. The molecule has 2 rings (SSSR count). The van der Waals surface area contributed by atoms with E-state index < -0.39 is 16.3 Å². The molecule has 1 N–H and O–H groups in total. The van der Waals surface area contributed by atoms with Gasteiger partial charge in [-0.2, -0.15) is 0 Å². The van der Waals surface area contributed by atoms with Crippen LogP contribution in [0.2, 0.25) is 0 Å². The Bertz CT molecular complexity index is 635. The third-order valence-electron chi connectivity index (χ3n) is 3.05. The zero-order valence-corrected chi connectivity index (χ0v) is 11.8. The third kappa shape index (κ3) is 3.35. The van der Waals surface area contributed by atoms with Crippen LogP contribution in [0, 0.1) is 6.92 Å². The lowest BCUT2D eigenvalue weighted by atomic mass is 10.1. The molecule has 0 amide bonds. The second-order valence-corrected chi connectivity index (χ2v) is 5.49. The number of benzene rings is 2. The van der Waals surface area contributed by atoms with Crippen molar-refractivity contribution in [3.8, 4) is 5.75 Å². The van der Waals surface area contributed by atoms with Crippen LogP contribution in [-0.2, 0) is 11.1 Å². The van der Waals surface area contributed by atoms with Gasteiger partial charge < -0.3 is 9.66 Å². The molecular weight excluding hydrogens is 272 g/mol. The average molecular weight is 287 g/mol. The van der Waals surface area contributed by atoms with E-state index in [0.29, 0.717) is 11.1 Å². The predicted octanol–water partition coefficient (Wildman–Crippen LogP) is 3.33. The van der Waals surface area contributed by atoms with E-state index in [2.05, 4.69) is 0 Å². The number of hydrogen-bond acceptors (Lipinski definition) is 3. The largest absolute Gasteiger partial charge is 0.772 e. The summed E-state index contributed by atoms with van der Waals surface area (Å²) in [5, 5.41) is 9.14. The number of rotatable bonds is 4. The van der Waals surface area contributed by atoms with Crippen LogP contribution in [0.25, 0.3) is 6.08 Å². The summed E-state index contributed by atoms with van der Waals surface area (Å²) in [7, 11) is 0. The summed E-state index contributed by atoms with van der Waals surface area (Å²) >= 11 is -2.34. The fourth-order valence-electron chi connectivity index (χ4n) is 1.95. The zero-order chi connectivity index (χ0) is 14.5. The van der Waals surface area contributed by atoms with Gasteiger partial charge in [0.25, 0.3) is 0 Å². The molecule has 0 heterocycles. The van der Waals surface area contributed by atoms with Crippen LogP contribution in [-0.4, -0.2) is 13.9 Å². The smallest absolute Gasteiger partial charge is 0.123 e. The number of aryl methyl sites for hydroxylation is 1. The van der Waals surface area contributed by atoms with Gasteiger partial charge >= 0.3 is 0 Å². The molecule has 20 heavy (non-hydrogen) atoms. The Kier molecular flexibility index (Phi) is 4.71. The van der Waals surface area contributed by atoms with E-state index in [-0.39, 0.29) is 5.75 Å². The lowest BCUT2D eigenvalue weighted by Gasteiger charge is -2.18. The molecule has 0 fully saturated rings. The maximum Gasteiger partial charge on any atom is 0.123 e. The maximum atomic E-state index is 11.4. The fraction of sp³-hybridized carbons (Fsp3) is 0.125. The van der Waals surface area contributed by atoms with Crippen LogP contribution < -0.4 is 0 Å². The first-order chi connectivity index (χ1) is 9.59. The van der Waals surface area contributed by atoms with Crippen molar-refractivity contribution in [2.45, 2.75) is 12.2 Å². The highest BCUT2D eigenvalue weighted by Crippen LogP contribution is 2.31. The van der Waals surface area contributed by atoms with Crippen LogP contribution in [0.1, 0.15) is 21.9 Å². The maximum absolute atomic E-state index is 11.4. The van der Waals surface area contributed by atoms with Crippen molar-refractivity contribution in [3.05, 3.63) is 71.3 Å². The van der Waals surface area contributed by atoms with Crippen molar-refractivity contribution >= 4 is 17.2 Å². The molecule has 2 aromatic rings. The normalized spacial score (nSPS) is 14.3. The van der Waals surface area contributed by atoms with Gasteiger partial charge in [-0.1, -0.05) is 60.7 Å². The van der Waals surface area contributed by atoms with Crippen LogP contribution in [0.15, 0.2) is 54.6 Å². The van der Waals surface area contributed by atoms with Crippen molar-refractivity contribution in [2.24, 2.45) is 0 Å². The van der Waals surface area contributed by atoms with E-state index in [1.165, 1.54) is 0 Å². The van der Waals surface area contributed by atoms with E-state index >= 15 is 0 Å². The SMILES string of the molecule is Cc1cccc(C(C=Cc2ccccc2)S(=O)[O-])c1O. The number of para-hydroxylation sites is 1. The summed E-state index contributed by atoms with van der Waals surface area (Å²) in [5.41, 5.74) is 1.96. The van der Waals surface area contributed by atoms with Crippen LogP contribution in [0.3, 0.4) is 0 Å². The molecule has 0 saturated heterocycles. The predicted molar refractivity (Wildman–Crippen MR) is 80.0 cm³/mol. The minimum absolute atomic E-state index is 0.0272. The van der Waals surface area contributed by atoms with Gasteiger partial charge in [0, 0.05) is 5.56 Å². The first-order valence-corrected chi connectivity index (χ1v) is 7.33.